The van der Waals surface area contributed by atoms with E-state index in [0.29, 0.717) is 27.5 Å². The molecular weight excluding hydrogens is 348 g/mol. The summed E-state index contributed by atoms with van der Waals surface area (Å²) >= 11 is 5.84. The van der Waals surface area contributed by atoms with Crippen molar-refractivity contribution in [1.82, 2.24) is 0 Å². The number of rotatable bonds is 4. The van der Waals surface area contributed by atoms with Crippen LogP contribution >= 0.6 is 11.6 Å². The Labute approximate surface area is 156 Å². The molecule has 0 spiro atoms. The second-order valence-electron chi connectivity index (χ2n) is 5.86. The fourth-order valence-electron chi connectivity index (χ4n) is 2.38. The number of halogens is 1. The maximum atomic E-state index is 12.4. The van der Waals surface area contributed by atoms with Crippen LogP contribution in [0.4, 0.5) is 11.4 Å². The van der Waals surface area contributed by atoms with Crippen molar-refractivity contribution in [1.29, 1.82) is 0 Å². The molecule has 0 atom stereocenters. The van der Waals surface area contributed by atoms with Crippen molar-refractivity contribution in [3.05, 3.63) is 94.5 Å². The van der Waals surface area contributed by atoms with Crippen molar-refractivity contribution in [3.8, 4) is 0 Å². The highest BCUT2D eigenvalue weighted by molar-refractivity contribution is 6.30. The summed E-state index contributed by atoms with van der Waals surface area (Å²) in [6.45, 7) is 1.98. The molecule has 0 heterocycles. The Morgan fingerprint density at radius 2 is 1.19 bits per heavy atom. The number of amides is 2. The number of aryl methyl sites for hydroxylation is 1. The summed E-state index contributed by atoms with van der Waals surface area (Å²) in [5, 5.41) is 6.20. The minimum absolute atomic E-state index is 0.269. The molecule has 0 aliphatic carbocycles. The molecule has 0 aromatic heterocycles. The van der Waals surface area contributed by atoms with Crippen LogP contribution in [0.1, 0.15) is 26.3 Å². The summed E-state index contributed by atoms with van der Waals surface area (Å²) in [7, 11) is 0. The van der Waals surface area contributed by atoms with E-state index in [1.807, 2.05) is 31.2 Å². The van der Waals surface area contributed by atoms with Gasteiger partial charge in [0.05, 0.1) is 0 Å². The Bertz CT molecular complexity index is 860. The van der Waals surface area contributed by atoms with Gasteiger partial charge in [0.25, 0.3) is 11.8 Å². The summed E-state index contributed by atoms with van der Waals surface area (Å²) in [4.78, 5) is 24.8. The zero-order chi connectivity index (χ0) is 18.5. The average Bonchev–Trinajstić information content (AvgIpc) is 2.65. The standard InChI is InChI=1S/C21H17ClN2O2/c1-14-5-9-18(10-6-14)23-20(25)15-3-2-4-16(13-15)21(26)24-19-11-7-17(22)8-12-19/h2-13H,1H3,(H,23,25)(H,24,26). The molecule has 3 aromatic rings. The molecule has 26 heavy (non-hydrogen) atoms. The molecule has 130 valence electrons. The highest BCUT2D eigenvalue weighted by Gasteiger charge is 2.11. The van der Waals surface area contributed by atoms with Crippen molar-refractivity contribution >= 4 is 34.8 Å². The first-order valence-electron chi connectivity index (χ1n) is 8.06. The number of hydrogen-bond acceptors (Lipinski definition) is 2. The first kappa shape index (κ1) is 17.7. The molecule has 0 saturated heterocycles. The summed E-state index contributed by atoms with van der Waals surface area (Å²) in [6, 6.07) is 20.9. The summed E-state index contributed by atoms with van der Waals surface area (Å²) in [6.07, 6.45) is 0. The van der Waals surface area contributed by atoms with E-state index in [9.17, 15) is 9.59 Å². The van der Waals surface area contributed by atoms with Gasteiger partial charge in [0.1, 0.15) is 0 Å². The Kier molecular flexibility index (Phi) is 5.34. The van der Waals surface area contributed by atoms with Crippen molar-refractivity contribution in [2.24, 2.45) is 0 Å². The number of nitrogens with one attached hydrogen (secondary N) is 2. The number of hydrogen-bond donors (Lipinski definition) is 2. The lowest BCUT2D eigenvalue weighted by Crippen LogP contribution is -2.15. The van der Waals surface area contributed by atoms with Gasteiger partial charge < -0.3 is 10.6 Å². The first-order chi connectivity index (χ1) is 12.5. The molecule has 0 radical (unpaired) electrons. The van der Waals surface area contributed by atoms with Crippen LogP contribution < -0.4 is 10.6 Å². The molecule has 0 unspecified atom stereocenters. The average molecular weight is 365 g/mol. The third-order valence-electron chi connectivity index (χ3n) is 3.80. The van der Waals surface area contributed by atoms with Crippen molar-refractivity contribution in [3.63, 3.8) is 0 Å². The highest BCUT2D eigenvalue weighted by atomic mass is 35.5. The van der Waals surface area contributed by atoms with E-state index in [-0.39, 0.29) is 11.8 Å². The zero-order valence-corrected chi connectivity index (χ0v) is 14.9. The van der Waals surface area contributed by atoms with Crippen LogP contribution in [0.2, 0.25) is 5.02 Å². The molecule has 2 N–H and O–H groups in total. The molecular formula is C21H17ClN2O2. The monoisotopic (exact) mass is 364 g/mol. The number of benzene rings is 3. The predicted molar refractivity (Wildman–Crippen MR) is 105 cm³/mol. The molecule has 3 rings (SSSR count). The van der Waals surface area contributed by atoms with Gasteiger partial charge >= 0.3 is 0 Å². The van der Waals surface area contributed by atoms with E-state index < -0.39 is 0 Å². The highest BCUT2D eigenvalue weighted by Crippen LogP contribution is 2.16. The summed E-state index contributed by atoms with van der Waals surface area (Å²) < 4.78 is 0. The zero-order valence-electron chi connectivity index (χ0n) is 14.1. The maximum absolute atomic E-state index is 12.4. The quantitative estimate of drug-likeness (QED) is 0.672. The Morgan fingerprint density at radius 1 is 0.731 bits per heavy atom. The van der Waals surface area contributed by atoms with Gasteiger partial charge in [-0.3, -0.25) is 9.59 Å². The van der Waals surface area contributed by atoms with E-state index in [2.05, 4.69) is 10.6 Å². The lowest BCUT2D eigenvalue weighted by Gasteiger charge is -2.08. The Morgan fingerprint density at radius 3 is 1.69 bits per heavy atom. The van der Waals surface area contributed by atoms with E-state index >= 15 is 0 Å². The minimum Gasteiger partial charge on any atom is -0.322 e. The van der Waals surface area contributed by atoms with Gasteiger partial charge in [-0.25, -0.2) is 0 Å². The van der Waals surface area contributed by atoms with Gasteiger partial charge in [0, 0.05) is 27.5 Å². The normalized spacial score (nSPS) is 10.2. The molecule has 0 saturated carbocycles. The van der Waals surface area contributed by atoms with Crippen LogP contribution in [0.25, 0.3) is 0 Å². The fourth-order valence-corrected chi connectivity index (χ4v) is 2.50. The van der Waals surface area contributed by atoms with Crippen molar-refractivity contribution in [2.75, 3.05) is 10.6 Å². The summed E-state index contributed by atoms with van der Waals surface area (Å²) in [5.74, 6) is -0.563. The van der Waals surface area contributed by atoms with Crippen molar-refractivity contribution < 1.29 is 9.59 Å². The van der Waals surface area contributed by atoms with E-state index in [1.165, 1.54) is 0 Å². The number of anilines is 2. The second-order valence-corrected chi connectivity index (χ2v) is 6.30. The fraction of sp³-hybridized carbons (Fsp3) is 0.0476. The molecule has 5 heteroatoms. The third-order valence-corrected chi connectivity index (χ3v) is 4.05. The number of carbonyl (C=O) groups is 2. The van der Waals surface area contributed by atoms with Crippen LogP contribution in [0.15, 0.2) is 72.8 Å². The maximum Gasteiger partial charge on any atom is 0.255 e. The van der Waals surface area contributed by atoms with E-state index in [1.54, 1.807) is 48.5 Å². The molecule has 0 fully saturated rings. The largest absolute Gasteiger partial charge is 0.322 e. The molecule has 2 amide bonds. The van der Waals surface area contributed by atoms with Crippen LogP contribution in [-0.4, -0.2) is 11.8 Å². The van der Waals surface area contributed by atoms with Gasteiger partial charge in [-0.2, -0.15) is 0 Å². The van der Waals surface area contributed by atoms with Crippen molar-refractivity contribution in [2.45, 2.75) is 6.92 Å². The lowest BCUT2D eigenvalue weighted by atomic mass is 10.1. The van der Waals surface area contributed by atoms with Crippen LogP contribution in [-0.2, 0) is 0 Å². The molecule has 0 aliphatic rings. The molecule has 3 aromatic carbocycles. The van der Waals surface area contributed by atoms with Crippen LogP contribution in [0.3, 0.4) is 0 Å². The SMILES string of the molecule is Cc1ccc(NC(=O)c2cccc(C(=O)Nc3ccc(Cl)cc3)c2)cc1. The Balaban J connectivity index is 1.72. The van der Waals surface area contributed by atoms with Gasteiger partial charge in [0.2, 0.25) is 0 Å². The van der Waals surface area contributed by atoms with Crippen LogP contribution in [0.5, 0.6) is 0 Å². The molecule has 0 bridgehead atoms. The van der Waals surface area contributed by atoms with Gasteiger partial charge in [-0.1, -0.05) is 35.4 Å². The topological polar surface area (TPSA) is 58.2 Å². The predicted octanol–water partition coefficient (Wildman–Crippen LogP) is 5.15. The van der Waals surface area contributed by atoms with E-state index in [0.717, 1.165) is 5.56 Å². The van der Waals surface area contributed by atoms with Gasteiger partial charge in [-0.15, -0.1) is 0 Å². The smallest absolute Gasteiger partial charge is 0.255 e. The minimum atomic E-state index is -0.294. The lowest BCUT2D eigenvalue weighted by molar-refractivity contribution is 0.102. The van der Waals surface area contributed by atoms with Gasteiger partial charge in [-0.05, 0) is 61.5 Å². The first-order valence-corrected chi connectivity index (χ1v) is 8.44. The number of carbonyl (C=O) groups excluding carboxylic acids is 2. The third kappa shape index (κ3) is 4.49. The molecule has 0 aliphatic heterocycles. The Hall–Kier alpha value is -3.11. The summed E-state index contributed by atoms with van der Waals surface area (Å²) in [5.41, 5.74) is 3.26. The van der Waals surface area contributed by atoms with E-state index in [4.69, 9.17) is 11.6 Å². The van der Waals surface area contributed by atoms with Gasteiger partial charge in [0.15, 0.2) is 0 Å². The van der Waals surface area contributed by atoms with Crippen LogP contribution in [0, 0.1) is 6.92 Å². The second kappa shape index (κ2) is 7.85. The molecule has 4 nitrogen and oxygen atoms in total.